The molecule has 0 aliphatic heterocycles. The number of fused-ring (bicyclic) bond motifs is 1. The van der Waals surface area contributed by atoms with E-state index >= 15 is 0 Å². The Morgan fingerprint density at radius 2 is 1.65 bits per heavy atom. The Bertz CT molecular complexity index is 557. The molecule has 0 aliphatic carbocycles. The Morgan fingerprint density at radius 3 is 2.24 bits per heavy atom. The van der Waals surface area contributed by atoms with Gasteiger partial charge in [0.25, 0.3) is 0 Å². The molecule has 2 aromatic carbocycles. The zero-order valence-corrected chi connectivity index (χ0v) is 13.0. The summed E-state index contributed by atoms with van der Waals surface area (Å²) in [5.74, 6) is 0. The van der Waals surface area contributed by atoms with Crippen LogP contribution in [0.25, 0.3) is 10.8 Å². The first-order chi connectivity index (χ1) is 7.61. The molecule has 0 saturated carbocycles. The van der Waals surface area contributed by atoms with Crippen molar-refractivity contribution in [3.63, 3.8) is 0 Å². The SMILES string of the molecule is CN(C)c1cccc2c(S(=O)[O-])cccc12.[Na+]. The largest absolute Gasteiger partial charge is 1.00 e. The molecule has 0 amide bonds. The summed E-state index contributed by atoms with van der Waals surface area (Å²) >= 11 is -2.19. The van der Waals surface area contributed by atoms with Crippen molar-refractivity contribution >= 4 is 27.5 Å². The number of benzene rings is 2. The van der Waals surface area contributed by atoms with Crippen molar-refractivity contribution in [2.45, 2.75) is 4.90 Å². The molecule has 2 aromatic rings. The minimum atomic E-state index is -2.19. The van der Waals surface area contributed by atoms with E-state index in [9.17, 15) is 8.76 Å². The summed E-state index contributed by atoms with van der Waals surface area (Å²) in [6.07, 6.45) is 0. The van der Waals surface area contributed by atoms with Crippen LogP contribution in [-0.4, -0.2) is 22.9 Å². The van der Waals surface area contributed by atoms with E-state index < -0.39 is 11.1 Å². The minimum absolute atomic E-state index is 0. The number of anilines is 1. The van der Waals surface area contributed by atoms with Gasteiger partial charge in [-0.3, -0.25) is 4.21 Å². The molecule has 0 aromatic heterocycles. The third kappa shape index (κ3) is 2.89. The zero-order chi connectivity index (χ0) is 11.7. The van der Waals surface area contributed by atoms with Crippen LogP contribution in [0.1, 0.15) is 0 Å². The molecule has 84 valence electrons. The monoisotopic (exact) mass is 257 g/mol. The molecular formula is C12H12NNaO2S. The first kappa shape index (κ1) is 14.7. The van der Waals surface area contributed by atoms with Gasteiger partial charge >= 0.3 is 29.6 Å². The number of hydrogen-bond donors (Lipinski definition) is 0. The molecule has 0 N–H and O–H groups in total. The van der Waals surface area contributed by atoms with Crippen LogP contribution in [0, 0.1) is 0 Å². The zero-order valence-electron chi connectivity index (χ0n) is 10.1. The van der Waals surface area contributed by atoms with Crippen LogP contribution in [0.4, 0.5) is 5.69 Å². The van der Waals surface area contributed by atoms with Crippen molar-refractivity contribution in [2.24, 2.45) is 0 Å². The average molecular weight is 257 g/mol. The minimum Gasteiger partial charge on any atom is -0.768 e. The summed E-state index contributed by atoms with van der Waals surface area (Å²) in [6.45, 7) is 0. The Kier molecular flexibility index (Phi) is 5.16. The Balaban J connectivity index is 0.00000144. The summed E-state index contributed by atoms with van der Waals surface area (Å²) < 4.78 is 22.2. The molecule has 0 heterocycles. The molecule has 3 nitrogen and oxygen atoms in total. The van der Waals surface area contributed by atoms with E-state index in [0.29, 0.717) is 4.90 Å². The summed E-state index contributed by atoms with van der Waals surface area (Å²) in [6, 6.07) is 11.0. The summed E-state index contributed by atoms with van der Waals surface area (Å²) in [7, 11) is 3.88. The second-order valence-corrected chi connectivity index (χ2v) is 4.67. The predicted molar refractivity (Wildman–Crippen MR) is 65.5 cm³/mol. The van der Waals surface area contributed by atoms with Gasteiger partial charge in [-0.25, -0.2) is 0 Å². The van der Waals surface area contributed by atoms with Crippen LogP contribution in [0.15, 0.2) is 41.3 Å². The van der Waals surface area contributed by atoms with Crippen molar-refractivity contribution in [1.29, 1.82) is 0 Å². The Morgan fingerprint density at radius 1 is 1.06 bits per heavy atom. The van der Waals surface area contributed by atoms with Gasteiger partial charge in [0, 0.05) is 30.1 Å². The topological polar surface area (TPSA) is 43.4 Å². The van der Waals surface area contributed by atoms with Gasteiger partial charge in [-0.15, -0.1) is 0 Å². The van der Waals surface area contributed by atoms with Crippen LogP contribution >= 0.6 is 0 Å². The molecule has 0 saturated heterocycles. The van der Waals surface area contributed by atoms with Gasteiger partial charge in [-0.1, -0.05) is 24.3 Å². The molecule has 0 fully saturated rings. The second kappa shape index (κ2) is 5.98. The quantitative estimate of drug-likeness (QED) is 0.520. The van der Waals surface area contributed by atoms with E-state index in [1.807, 2.05) is 43.3 Å². The van der Waals surface area contributed by atoms with Crippen molar-refractivity contribution < 1.29 is 38.3 Å². The maximum atomic E-state index is 11.1. The van der Waals surface area contributed by atoms with Crippen molar-refractivity contribution in [3.8, 4) is 0 Å². The fourth-order valence-corrected chi connectivity index (χ4v) is 2.35. The first-order valence-electron chi connectivity index (χ1n) is 4.89. The maximum absolute atomic E-state index is 11.1. The van der Waals surface area contributed by atoms with E-state index in [1.54, 1.807) is 12.1 Å². The number of hydrogen-bond acceptors (Lipinski definition) is 3. The molecule has 2 rings (SSSR count). The first-order valence-corrected chi connectivity index (χ1v) is 5.97. The van der Waals surface area contributed by atoms with Crippen molar-refractivity contribution in [2.75, 3.05) is 19.0 Å². The van der Waals surface area contributed by atoms with Gasteiger partial charge in [0.2, 0.25) is 0 Å². The van der Waals surface area contributed by atoms with Gasteiger partial charge in [0.15, 0.2) is 0 Å². The molecule has 5 heteroatoms. The molecule has 1 unspecified atom stereocenters. The molecule has 0 spiro atoms. The molecular weight excluding hydrogens is 245 g/mol. The van der Waals surface area contributed by atoms with E-state index in [0.717, 1.165) is 16.5 Å². The van der Waals surface area contributed by atoms with Gasteiger partial charge in [-0.2, -0.15) is 0 Å². The molecule has 0 aliphatic rings. The van der Waals surface area contributed by atoms with Crippen LogP contribution < -0.4 is 34.5 Å². The van der Waals surface area contributed by atoms with Crippen LogP contribution in [0.3, 0.4) is 0 Å². The Labute approximate surface area is 125 Å². The molecule has 1 atom stereocenters. The summed E-state index contributed by atoms with van der Waals surface area (Å²) in [5, 5.41) is 1.72. The van der Waals surface area contributed by atoms with Gasteiger partial charge in [0.05, 0.1) is 0 Å². The summed E-state index contributed by atoms with van der Waals surface area (Å²) in [4.78, 5) is 2.32. The Hall–Kier alpha value is -0.390. The normalized spacial score (nSPS) is 11.9. The van der Waals surface area contributed by atoms with E-state index in [4.69, 9.17) is 0 Å². The standard InChI is InChI=1S/C12H13NO2S.Na/c1-13(2)11-7-3-6-10-9(11)5-4-8-12(10)16(14)15;/h3-8H,1-2H3,(H,14,15);/q;+1/p-1. The van der Waals surface area contributed by atoms with Crippen LogP contribution in [0.5, 0.6) is 0 Å². The van der Waals surface area contributed by atoms with E-state index in [-0.39, 0.29) is 29.6 Å². The predicted octanol–water partition coefficient (Wildman–Crippen LogP) is -0.852. The molecule has 0 radical (unpaired) electrons. The van der Waals surface area contributed by atoms with Gasteiger partial charge in [-0.05, 0) is 28.6 Å². The van der Waals surface area contributed by atoms with Crippen molar-refractivity contribution in [1.82, 2.24) is 0 Å². The van der Waals surface area contributed by atoms with Crippen LogP contribution in [-0.2, 0) is 11.1 Å². The third-order valence-electron chi connectivity index (χ3n) is 2.52. The van der Waals surface area contributed by atoms with E-state index in [1.165, 1.54) is 0 Å². The molecule has 0 bridgehead atoms. The van der Waals surface area contributed by atoms with Crippen molar-refractivity contribution in [3.05, 3.63) is 36.4 Å². The third-order valence-corrected chi connectivity index (χ3v) is 3.24. The number of rotatable bonds is 2. The molecule has 17 heavy (non-hydrogen) atoms. The fourth-order valence-electron chi connectivity index (χ4n) is 1.80. The van der Waals surface area contributed by atoms with Crippen LogP contribution in [0.2, 0.25) is 0 Å². The number of nitrogens with zero attached hydrogens (tertiary/aromatic N) is 1. The van der Waals surface area contributed by atoms with Gasteiger partial charge < -0.3 is 9.45 Å². The average Bonchev–Trinajstić information content (AvgIpc) is 2.27. The second-order valence-electron chi connectivity index (χ2n) is 3.76. The smallest absolute Gasteiger partial charge is 0.768 e. The summed E-state index contributed by atoms with van der Waals surface area (Å²) in [5.41, 5.74) is 1.02. The van der Waals surface area contributed by atoms with E-state index in [2.05, 4.69) is 0 Å². The fraction of sp³-hybridized carbons (Fsp3) is 0.167. The maximum Gasteiger partial charge on any atom is 1.00 e. The van der Waals surface area contributed by atoms with Gasteiger partial charge in [0.1, 0.15) is 0 Å².